The van der Waals surface area contributed by atoms with Crippen molar-refractivity contribution in [2.45, 2.75) is 51.1 Å². The summed E-state index contributed by atoms with van der Waals surface area (Å²) in [6, 6.07) is 9.17. The summed E-state index contributed by atoms with van der Waals surface area (Å²) in [5.74, 6) is 1.61. The fraction of sp³-hybridized carbons (Fsp3) is 0.667. The van der Waals surface area contributed by atoms with Gasteiger partial charge in [0.1, 0.15) is 5.75 Å². The van der Waals surface area contributed by atoms with E-state index in [9.17, 15) is 0 Å². The van der Waals surface area contributed by atoms with Crippen LogP contribution in [0.4, 0.5) is 0 Å². The zero-order chi connectivity index (χ0) is 14.9. The molecule has 1 aromatic carbocycles. The van der Waals surface area contributed by atoms with Crippen molar-refractivity contribution in [2.24, 2.45) is 0 Å². The van der Waals surface area contributed by atoms with E-state index in [0.29, 0.717) is 12.0 Å². The molecule has 0 aromatic heterocycles. The number of hydrogen-bond acceptors (Lipinski definition) is 3. The molecule has 0 radical (unpaired) electrons. The number of benzene rings is 1. The molecule has 2 aliphatic heterocycles. The maximum atomic E-state index is 5.86. The molecule has 0 bridgehead atoms. The molecular formula is C18H28N2O. The van der Waals surface area contributed by atoms with Gasteiger partial charge in [-0.15, -0.1) is 0 Å². The van der Waals surface area contributed by atoms with Gasteiger partial charge in [-0.2, -0.15) is 0 Å². The van der Waals surface area contributed by atoms with Gasteiger partial charge in [-0.3, -0.25) is 4.90 Å². The van der Waals surface area contributed by atoms with Crippen molar-refractivity contribution in [3.63, 3.8) is 0 Å². The second-order valence-electron chi connectivity index (χ2n) is 6.83. The Morgan fingerprint density at radius 2 is 2.14 bits per heavy atom. The summed E-state index contributed by atoms with van der Waals surface area (Å²) in [6.07, 6.45) is 2.39. The molecule has 3 unspecified atom stereocenters. The molecular weight excluding hydrogens is 260 g/mol. The second-order valence-corrected chi connectivity index (χ2v) is 6.83. The van der Waals surface area contributed by atoms with E-state index in [1.807, 2.05) is 0 Å². The van der Waals surface area contributed by atoms with Crippen molar-refractivity contribution in [3.8, 4) is 5.75 Å². The monoisotopic (exact) mass is 288 g/mol. The van der Waals surface area contributed by atoms with Gasteiger partial charge in [0, 0.05) is 42.7 Å². The highest BCUT2D eigenvalue weighted by Crippen LogP contribution is 2.35. The lowest BCUT2D eigenvalue weighted by molar-refractivity contribution is 0.0737. The molecule has 2 heterocycles. The van der Waals surface area contributed by atoms with E-state index < -0.39 is 0 Å². The Balaban J connectivity index is 1.73. The maximum absolute atomic E-state index is 5.86. The first-order valence-corrected chi connectivity index (χ1v) is 8.36. The van der Waals surface area contributed by atoms with Gasteiger partial charge in [-0.1, -0.05) is 32.0 Å². The highest BCUT2D eigenvalue weighted by Gasteiger charge is 2.36. The minimum atomic E-state index is 0.255. The van der Waals surface area contributed by atoms with E-state index >= 15 is 0 Å². The second kappa shape index (κ2) is 5.98. The van der Waals surface area contributed by atoms with Crippen LogP contribution in [0.3, 0.4) is 0 Å². The average molecular weight is 288 g/mol. The Morgan fingerprint density at radius 1 is 1.33 bits per heavy atom. The van der Waals surface area contributed by atoms with Gasteiger partial charge >= 0.3 is 0 Å². The van der Waals surface area contributed by atoms with Crippen LogP contribution in [0.5, 0.6) is 5.75 Å². The zero-order valence-electron chi connectivity index (χ0n) is 13.6. The van der Waals surface area contributed by atoms with E-state index in [2.05, 4.69) is 55.3 Å². The zero-order valence-corrected chi connectivity index (χ0v) is 13.6. The van der Waals surface area contributed by atoms with Crippen LogP contribution in [0.1, 0.15) is 45.1 Å². The molecule has 21 heavy (non-hydrogen) atoms. The summed E-state index contributed by atoms with van der Waals surface area (Å²) in [4.78, 5) is 2.69. The Labute approximate surface area is 128 Å². The summed E-state index contributed by atoms with van der Waals surface area (Å²) in [7, 11) is 0. The number of ether oxygens (including phenoxy) is 1. The predicted octanol–water partition coefficient (Wildman–Crippen LogP) is 3.02. The maximum Gasteiger partial charge on any atom is 0.122 e. The molecule has 1 N–H and O–H groups in total. The lowest BCUT2D eigenvalue weighted by Crippen LogP contribution is -2.63. The van der Waals surface area contributed by atoms with Crippen LogP contribution in [0.2, 0.25) is 0 Å². The molecule has 1 saturated heterocycles. The third-order valence-electron chi connectivity index (χ3n) is 5.34. The Bertz CT molecular complexity index is 490. The van der Waals surface area contributed by atoms with Gasteiger partial charge in [0.15, 0.2) is 0 Å². The largest absolute Gasteiger partial charge is 0.493 e. The number of hydrogen-bond donors (Lipinski definition) is 1. The normalized spacial score (nSPS) is 32.7. The minimum absolute atomic E-state index is 0.255. The van der Waals surface area contributed by atoms with Crippen LogP contribution >= 0.6 is 0 Å². The number of rotatable bonds is 4. The summed E-state index contributed by atoms with van der Waals surface area (Å²) < 4.78 is 5.86. The highest BCUT2D eigenvalue weighted by atomic mass is 16.5. The molecule has 3 rings (SSSR count). The van der Waals surface area contributed by atoms with E-state index in [4.69, 9.17) is 4.74 Å². The molecule has 1 fully saturated rings. The van der Waals surface area contributed by atoms with E-state index in [-0.39, 0.29) is 5.54 Å². The molecule has 116 valence electrons. The van der Waals surface area contributed by atoms with Crippen LogP contribution in [-0.2, 0) is 0 Å². The number of nitrogens with zero attached hydrogens (tertiary/aromatic N) is 1. The van der Waals surface area contributed by atoms with E-state index in [1.54, 1.807) is 0 Å². The van der Waals surface area contributed by atoms with Gasteiger partial charge in [0.2, 0.25) is 0 Å². The van der Waals surface area contributed by atoms with Crippen molar-refractivity contribution >= 4 is 0 Å². The molecule has 0 saturated carbocycles. The number of piperazine rings is 1. The van der Waals surface area contributed by atoms with Gasteiger partial charge in [-0.05, 0) is 25.8 Å². The number of nitrogens with one attached hydrogen (secondary N) is 1. The van der Waals surface area contributed by atoms with E-state index in [1.165, 1.54) is 18.4 Å². The standard InChI is InChI=1S/C18H28N2O/c1-4-15-10-19-18(3,5-2)13-20(15)11-14-12-21-17-9-7-6-8-16(14)17/h6-9,14-15,19H,4-5,10-13H2,1-3H3. The first-order valence-electron chi connectivity index (χ1n) is 8.36. The number of fused-ring (bicyclic) bond motifs is 1. The third-order valence-corrected chi connectivity index (χ3v) is 5.34. The fourth-order valence-corrected chi connectivity index (χ4v) is 3.64. The summed E-state index contributed by atoms with van der Waals surface area (Å²) in [5, 5.41) is 3.75. The molecule has 0 aliphatic carbocycles. The molecule has 2 aliphatic rings. The predicted molar refractivity (Wildman–Crippen MR) is 87.0 cm³/mol. The smallest absolute Gasteiger partial charge is 0.122 e. The first-order chi connectivity index (χ1) is 10.1. The lowest BCUT2D eigenvalue weighted by atomic mass is 9.91. The summed E-state index contributed by atoms with van der Waals surface area (Å²) in [6.45, 7) is 11.1. The Morgan fingerprint density at radius 3 is 2.90 bits per heavy atom. The van der Waals surface area contributed by atoms with Crippen molar-refractivity contribution in [3.05, 3.63) is 29.8 Å². The summed E-state index contributed by atoms with van der Waals surface area (Å²) >= 11 is 0. The van der Waals surface area contributed by atoms with Crippen molar-refractivity contribution < 1.29 is 4.74 Å². The van der Waals surface area contributed by atoms with Gasteiger partial charge in [-0.25, -0.2) is 0 Å². The Kier molecular flexibility index (Phi) is 4.23. The average Bonchev–Trinajstić information content (AvgIpc) is 2.91. The molecule has 0 amide bonds. The van der Waals surface area contributed by atoms with Crippen LogP contribution < -0.4 is 10.1 Å². The minimum Gasteiger partial charge on any atom is -0.493 e. The third kappa shape index (κ3) is 2.95. The topological polar surface area (TPSA) is 24.5 Å². The van der Waals surface area contributed by atoms with Gasteiger partial charge in [0.05, 0.1) is 6.61 Å². The first kappa shape index (κ1) is 14.9. The van der Waals surface area contributed by atoms with Crippen molar-refractivity contribution in [1.29, 1.82) is 0 Å². The quantitative estimate of drug-likeness (QED) is 0.922. The van der Waals surface area contributed by atoms with Gasteiger partial charge < -0.3 is 10.1 Å². The molecule has 0 spiro atoms. The molecule has 3 nitrogen and oxygen atoms in total. The fourth-order valence-electron chi connectivity index (χ4n) is 3.64. The lowest BCUT2D eigenvalue weighted by Gasteiger charge is -2.46. The van der Waals surface area contributed by atoms with Crippen LogP contribution in [0.25, 0.3) is 0 Å². The van der Waals surface area contributed by atoms with Gasteiger partial charge in [0.25, 0.3) is 0 Å². The highest BCUT2D eigenvalue weighted by molar-refractivity contribution is 5.39. The Hall–Kier alpha value is -1.06. The van der Waals surface area contributed by atoms with E-state index in [0.717, 1.165) is 32.0 Å². The number of para-hydroxylation sites is 1. The van der Waals surface area contributed by atoms with Crippen molar-refractivity contribution in [2.75, 3.05) is 26.2 Å². The molecule has 3 heteroatoms. The molecule has 1 aromatic rings. The van der Waals surface area contributed by atoms with Crippen molar-refractivity contribution in [1.82, 2.24) is 10.2 Å². The van der Waals surface area contributed by atoms with Crippen LogP contribution in [0.15, 0.2) is 24.3 Å². The van der Waals surface area contributed by atoms with Crippen LogP contribution in [0, 0.1) is 0 Å². The summed E-state index contributed by atoms with van der Waals surface area (Å²) in [5.41, 5.74) is 1.65. The SMILES string of the molecule is CCC1CNC(C)(CC)CN1CC1COc2ccccc21. The van der Waals surface area contributed by atoms with Crippen LogP contribution in [-0.4, -0.2) is 42.7 Å². The molecule has 3 atom stereocenters.